The first-order valence-electron chi connectivity index (χ1n) is 9.36. The van der Waals surface area contributed by atoms with Gasteiger partial charge in [-0.05, 0) is 24.3 Å². The summed E-state index contributed by atoms with van der Waals surface area (Å²) in [5.74, 6) is 3.58. The summed E-state index contributed by atoms with van der Waals surface area (Å²) in [4.78, 5) is 13.4. The third kappa shape index (κ3) is 4.29. The molecule has 0 spiro atoms. The monoisotopic (exact) mass is 393 g/mol. The Morgan fingerprint density at radius 2 is 1.79 bits per heavy atom. The van der Waals surface area contributed by atoms with Gasteiger partial charge >= 0.3 is 0 Å². The Morgan fingerprint density at radius 3 is 2.52 bits per heavy atom. The Hall–Kier alpha value is -3.62. The standard InChI is InChI=1S/C20H23N7O2/c1-28-15-6-7-16(17(13-15)29-2)23-18-14-22-25-20(24-18)27-11-9-26(10-12-27)19-5-3-4-8-21-19/h3-8,13-14H,9-12H2,1-2H3,(H,23,24,25). The van der Waals surface area contributed by atoms with Crippen LogP contribution in [-0.2, 0) is 0 Å². The predicted octanol–water partition coefficient (Wildman–Crippen LogP) is 2.35. The molecule has 0 bridgehead atoms. The predicted molar refractivity (Wildman–Crippen MR) is 111 cm³/mol. The number of anilines is 4. The number of aromatic nitrogens is 4. The molecule has 0 unspecified atom stereocenters. The molecule has 1 fully saturated rings. The molecular formula is C20H23N7O2. The van der Waals surface area contributed by atoms with Gasteiger partial charge in [-0.3, -0.25) is 0 Å². The van der Waals surface area contributed by atoms with Gasteiger partial charge < -0.3 is 24.6 Å². The summed E-state index contributed by atoms with van der Waals surface area (Å²) >= 11 is 0. The number of rotatable bonds is 6. The summed E-state index contributed by atoms with van der Waals surface area (Å²) in [6.45, 7) is 3.30. The number of hydrogen-bond acceptors (Lipinski definition) is 9. The summed E-state index contributed by atoms with van der Waals surface area (Å²) < 4.78 is 10.7. The number of piperazine rings is 1. The Balaban J connectivity index is 1.44. The highest BCUT2D eigenvalue weighted by molar-refractivity contribution is 5.65. The molecule has 0 amide bonds. The van der Waals surface area contributed by atoms with Crippen molar-refractivity contribution in [2.45, 2.75) is 0 Å². The minimum Gasteiger partial charge on any atom is -0.497 e. The molecule has 3 aromatic rings. The SMILES string of the molecule is COc1ccc(Nc2cnnc(N3CCN(c4ccccn4)CC3)n2)c(OC)c1. The highest BCUT2D eigenvalue weighted by atomic mass is 16.5. The Morgan fingerprint density at radius 1 is 0.966 bits per heavy atom. The zero-order valence-corrected chi connectivity index (χ0v) is 16.4. The molecule has 1 N–H and O–H groups in total. The van der Waals surface area contributed by atoms with Gasteiger partial charge in [-0.2, -0.15) is 10.1 Å². The molecule has 9 heteroatoms. The van der Waals surface area contributed by atoms with Crippen LogP contribution in [-0.4, -0.2) is 60.6 Å². The fraction of sp³-hybridized carbons (Fsp3) is 0.300. The highest BCUT2D eigenvalue weighted by Gasteiger charge is 2.20. The van der Waals surface area contributed by atoms with Crippen LogP contribution in [0.3, 0.4) is 0 Å². The van der Waals surface area contributed by atoms with Crippen molar-refractivity contribution in [3.05, 3.63) is 48.8 Å². The van der Waals surface area contributed by atoms with E-state index in [1.165, 1.54) is 0 Å². The zero-order chi connectivity index (χ0) is 20.1. The second-order valence-corrected chi connectivity index (χ2v) is 6.49. The quantitative estimate of drug-likeness (QED) is 0.678. The number of pyridine rings is 1. The van der Waals surface area contributed by atoms with Crippen LogP contribution in [0.15, 0.2) is 48.8 Å². The fourth-order valence-electron chi connectivity index (χ4n) is 3.20. The third-order valence-corrected chi connectivity index (χ3v) is 4.75. The van der Waals surface area contributed by atoms with Crippen LogP contribution >= 0.6 is 0 Å². The molecule has 0 saturated carbocycles. The molecule has 1 aliphatic heterocycles. The maximum Gasteiger partial charge on any atom is 0.247 e. The van der Waals surface area contributed by atoms with Crippen molar-refractivity contribution in [3.8, 4) is 11.5 Å². The molecule has 2 aromatic heterocycles. The number of benzene rings is 1. The van der Waals surface area contributed by atoms with Crippen LogP contribution in [0.2, 0.25) is 0 Å². The van der Waals surface area contributed by atoms with Gasteiger partial charge in [0, 0.05) is 38.4 Å². The lowest BCUT2D eigenvalue weighted by Crippen LogP contribution is -2.47. The first kappa shape index (κ1) is 18.7. The van der Waals surface area contributed by atoms with Gasteiger partial charge in [0.2, 0.25) is 5.95 Å². The second-order valence-electron chi connectivity index (χ2n) is 6.49. The van der Waals surface area contributed by atoms with Gasteiger partial charge in [0.1, 0.15) is 17.3 Å². The molecule has 9 nitrogen and oxygen atoms in total. The van der Waals surface area contributed by atoms with Crippen molar-refractivity contribution in [2.75, 3.05) is 55.5 Å². The zero-order valence-electron chi connectivity index (χ0n) is 16.4. The number of nitrogens with zero attached hydrogens (tertiary/aromatic N) is 6. The largest absolute Gasteiger partial charge is 0.497 e. The molecule has 1 aliphatic rings. The van der Waals surface area contributed by atoms with Crippen molar-refractivity contribution in [1.82, 2.24) is 20.2 Å². The van der Waals surface area contributed by atoms with Gasteiger partial charge in [-0.15, -0.1) is 5.10 Å². The molecule has 150 valence electrons. The maximum absolute atomic E-state index is 5.43. The summed E-state index contributed by atoms with van der Waals surface area (Å²) in [5, 5.41) is 11.6. The highest BCUT2D eigenvalue weighted by Crippen LogP contribution is 2.31. The van der Waals surface area contributed by atoms with E-state index < -0.39 is 0 Å². The van der Waals surface area contributed by atoms with Crippen LogP contribution in [0, 0.1) is 0 Å². The first-order chi connectivity index (χ1) is 14.3. The molecule has 0 atom stereocenters. The summed E-state index contributed by atoms with van der Waals surface area (Å²) in [7, 11) is 3.24. The minimum absolute atomic E-state index is 0.600. The van der Waals surface area contributed by atoms with Gasteiger partial charge in [-0.1, -0.05) is 6.07 Å². The van der Waals surface area contributed by atoms with Crippen LogP contribution in [0.5, 0.6) is 11.5 Å². The number of ether oxygens (including phenoxy) is 2. The summed E-state index contributed by atoms with van der Waals surface area (Å²) in [5.41, 5.74) is 0.778. The molecule has 4 rings (SSSR count). The van der Waals surface area contributed by atoms with E-state index in [4.69, 9.17) is 9.47 Å². The Kier molecular flexibility index (Phi) is 5.55. The van der Waals surface area contributed by atoms with E-state index in [-0.39, 0.29) is 0 Å². The molecule has 0 radical (unpaired) electrons. The number of methoxy groups -OCH3 is 2. The molecule has 29 heavy (non-hydrogen) atoms. The average molecular weight is 393 g/mol. The molecule has 1 saturated heterocycles. The number of hydrogen-bond donors (Lipinski definition) is 1. The van der Waals surface area contributed by atoms with Crippen LogP contribution < -0.4 is 24.6 Å². The van der Waals surface area contributed by atoms with Crippen LogP contribution in [0.25, 0.3) is 0 Å². The van der Waals surface area contributed by atoms with Crippen LogP contribution in [0.1, 0.15) is 0 Å². The Bertz CT molecular complexity index is 947. The van der Waals surface area contributed by atoms with E-state index in [1.807, 2.05) is 42.6 Å². The van der Waals surface area contributed by atoms with E-state index in [0.717, 1.165) is 43.4 Å². The van der Waals surface area contributed by atoms with Gasteiger partial charge in [-0.25, -0.2) is 4.98 Å². The van der Waals surface area contributed by atoms with Gasteiger partial charge in [0.15, 0.2) is 5.82 Å². The van der Waals surface area contributed by atoms with E-state index in [2.05, 4.69) is 35.3 Å². The van der Waals surface area contributed by atoms with Crippen molar-refractivity contribution in [1.29, 1.82) is 0 Å². The number of nitrogens with one attached hydrogen (secondary N) is 1. The Labute approximate surface area is 169 Å². The topological polar surface area (TPSA) is 88.5 Å². The van der Waals surface area contributed by atoms with Crippen molar-refractivity contribution in [2.24, 2.45) is 0 Å². The van der Waals surface area contributed by atoms with Gasteiger partial charge in [0.05, 0.1) is 26.1 Å². The smallest absolute Gasteiger partial charge is 0.247 e. The summed E-state index contributed by atoms with van der Waals surface area (Å²) in [6, 6.07) is 11.5. The lowest BCUT2D eigenvalue weighted by Gasteiger charge is -2.35. The van der Waals surface area contributed by atoms with Crippen LogP contribution in [0.4, 0.5) is 23.3 Å². The molecule has 0 aliphatic carbocycles. The van der Waals surface area contributed by atoms with E-state index in [9.17, 15) is 0 Å². The fourth-order valence-corrected chi connectivity index (χ4v) is 3.20. The van der Waals surface area contributed by atoms with Crippen molar-refractivity contribution >= 4 is 23.3 Å². The van der Waals surface area contributed by atoms with E-state index in [0.29, 0.717) is 17.5 Å². The minimum atomic E-state index is 0.600. The lowest BCUT2D eigenvalue weighted by atomic mass is 10.2. The maximum atomic E-state index is 5.43. The molecular weight excluding hydrogens is 370 g/mol. The normalized spacial score (nSPS) is 13.9. The van der Waals surface area contributed by atoms with E-state index in [1.54, 1.807) is 20.4 Å². The van der Waals surface area contributed by atoms with E-state index >= 15 is 0 Å². The third-order valence-electron chi connectivity index (χ3n) is 4.75. The lowest BCUT2D eigenvalue weighted by molar-refractivity contribution is 0.395. The molecule has 1 aromatic carbocycles. The summed E-state index contributed by atoms with van der Waals surface area (Å²) in [6.07, 6.45) is 3.41. The van der Waals surface area contributed by atoms with Gasteiger partial charge in [0.25, 0.3) is 0 Å². The van der Waals surface area contributed by atoms with Crippen molar-refractivity contribution < 1.29 is 9.47 Å². The van der Waals surface area contributed by atoms with Crippen molar-refractivity contribution in [3.63, 3.8) is 0 Å². The molecule has 3 heterocycles. The second kappa shape index (κ2) is 8.59. The average Bonchev–Trinajstić information content (AvgIpc) is 2.80. The first-order valence-corrected chi connectivity index (χ1v) is 9.36.